The lowest BCUT2D eigenvalue weighted by Crippen LogP contribution is -2.28. The molecule has 1 nitrogen and oxygen atoms in total. The van der Waals surface area contributed by atoms with Gasteiger partial charge in [-0.15, -0.1) is 0 Å². The fraction of sp³-hybridized carbons (Fsp3) is 0.538. The van der Waals surface area contributed by atoms with Crippen molar-refractivity contribution in [1.29, 1.82) is 0 Å². The molecule has 1 aromatic carbocycles. The molecule has 82 valence electrons. The molecule has 1 aliphatic carbocycles. The molecule has 0 aliphatic heterocycles. The molecular weight excluding hydrogens is 208 g/mol. The predicted octanol–water partition coefficient (Wildman–Crippen LogP) is 3.66. The summed E-state index contributed by atoms with van der Waals surface area (Å²) < 4.78 is 0. The predicted molar refractivity (Wildman–Crippen MR) is 63.1 cm³/mol. The minimum atomic E-state index is -0.655. The Morgan fingerprint density at radius 3 is 2.73 bits per heavy atom. The highest BCUT2D eigenvalue weighted by atomic mass is 35.5. The largest absolute Gasteiger partial charge is 0.385 e. The Kier molecular flexibility index (Phi) is 2.78. The first-order chi connectivity index (χ1) is 7.04. The van der Waals surface area contributed by atoms with Crippen molar-refractivity contribution in [2.45, 2.75) is 38.7 Å². The van der Waals surface area contributed by atoms with E-state index in [0.717, 1.165) is 35.4 Å². The van der Waals surface area contributed by atoms with E-state index in [-0.39, 0.29) is 0 Å². The van der Waals surface area contributed by atoms with Crippen molar-refractivity contribution >= 4 is 11.6 Å². The number of aryl methyl sites for hydroxylation is 1. The molecule has 0 radical (unpaired) electrons. The number of aliphatic hydroxyl groups is 1. The van der Waals surface area contributed by atoms with Crippen LogP contribution in [0.3, 0.4) is 0 Å². The fourth-order valence-electron chi connectivity index (χ4n) is 2.45. The van der Waals surface area contributed by atoms with Gasteiger partial charge >= 0.3 is 0 Å². The van der Waals surface area contributed by atoms with Gasteiger partial charge in [-0.1, -0.05) is 30.7 Å². The van der Waals surface area contributed by atoms with Crippen LogP contribution < -0.4 is 0 Å². The SMILES string of the molecule is Cc1ccc(C2(O)CCCC2C)cc1Cl. The van der Waals surface area contributed by atoms with Crippen LogP contribution in [0.25, 0.3) is 0 Å². The van der Waals surface area contributed by atoms with Crippen LogP contribution in [0.5, 0.6) is 0 Å². The van der Waals surface area contributed by atoms with Gasteiger partial charge in [-0.3, -0.25) is 0 Å². The molecule has 0 saturated heterocycles. The molecule has 2 atom stereocenters. The highest BCUT2D eigenvalue weighted by Gasteiger charge is 2.39. The van der Waals surface area contributed by atoms with Gasteiger partial charge in [-0.25, -0.2) is 0 Å². The molecule has 1 aliphatic rings. The summed E-state index contributed by atoms with van der Waals surface area (Å²) in [6.45, 7) is 4.09. The second-order valence-corrected chi connectivity index (χ2v) is 5.09. The Hall–Kier alpha value is -0.530. The Morgan fingerprint density at radius 2 is 2.20 bits per heavy atom. The summed E-state index contributed by atoms with van der Waals surface area (Å²) in [6, 6.07) is 5.91. The molecule has 1 fully saturated rings. The lowest BCUT2D eigenvalue weighted by Gasteiger charge is -2.28. The quantitative estimate of drug-likeness (QED) is 0.772. The van der Waals surface area contributed by atoms with Gasteiger partial charge in [-0.2, -0.15) is 0 Å². The zero-order chi connectivity index (χ0) is 11.1. The van der Waals surface area contributed by atoms with E-state index in [1.165, 1.54) is 0 Å². The molecule has 0 amide bonds. The van der Waals surface area contributed by atoms with Gasteiger partial charge in [0.15, 0.2) is 0 Å². The van der Waals surface area contributed by atoms with E-state index >= 15 is 0 Å². The molecule has 0 spiro atoms. The van der Waals surface area contributed by atoms with Crippen molar-refractivity contribution in [3.63, 3.8) is 0 Å². The monoisotopic (exact) mass is 224 g/mol. The normalized spacial score (nSPS) is 30.8. The van der Waals surface area contributed by atoms with E-state index in [1.807, 2.05) is 25.1 Å². The topological polar surface area (TPSA) is 20.2 Å². The summed E-state index contributed by atoms with van der Waals surface area (Å²) in [5.74, 6) is 0.330. The third kappa shape index (κ3) is 1.79. The zero-order valence-corrected chi connectivity index (χ0v) is 10.0. The van der Waals surface area contributed by atoms with Crippen LogP contribution in [0, 0.1) is 12.8 Å². The molecule has 2 rings (SSSR count). The molecule has 0 aromatic heterocycles. The van der Waals surface area contributed by atoms with Gasteiger partial charge in [0, 0.05) is 5.02 Å². The van der Waals surface area contributed by atoms with Crippen LogP contribution in [-0.4, -0.2) is 5.11 Å². The lowest BCUT2D eigenvalue weighted by atomic mass is 9.85. The van der Waals surface area contributed by atoms with Crippen molar-refractivity contribution in [1.82, 2.24) is 0 Å². The first kappa shape index (κ1) is 11.0. The molecule has 15 heavy (non-hydrogen) atoms. The van der Waals surface area contributed by atoms with E-state index in [9.17, 15) is 5.11 Å². The summed E-state index contributed by atoms with van der Waals surface area (Å²) in [6.07, 6.45) is 3.05. The van der Waals surface area contributed by atoms with E-state index in [1.54, 1.807) is 0 Å². The van der Waals surface area contributed by atoms with Crippen LogP contribution in [-0.2, 0) is 5.60 Å². The van der Waals surface area contributed by atoms with Crippen LogP contribution in [0.2, 0.25) is 5.02 Å². The zero-order valence-electron chi connectivity index (χ0n) is 9.26. The van der Waals surface area contributed by atoms with Gasteiger partial charge in [0.05, 0.1) is 5.60 Å². The number of hydrogen-bond donors (Lipinski definition) is 1. The van der Waals surface area contributed by atoms with Gasteiger partial charge in [0.25, 0.3) is 0 Å². The molecule has 1 saturated carbocycles. The number of rotatable bonds is 1. The molecule has 2 unspecified atom stereocenters. The molecule has 0 bridgehead atoms. The van der Waals surface area contributed by atoms with Crippen LogP contribution in [0.4, 0.5) is 0 Å². The third-order valence-corrected chi connectivity index (χ3v) is 4.09. The smallest absolute Gasteiger partial charge is 0.0922 e. The van der Waals surface area contributed by atoms with Crippen LogP contribution in [0.15, 0.2) is 18.2 Å². The van der Waals surface area contributed by atoms with Crippen LogP contribution in [0.1, 0.15) is 37.3 Å². The summed E-state index contributed by atoms with van der Waals surface area (Å²) >= 11 is 6.09. The molecular formula is C13H17ClO. The maximum atomic E-state index is 10.6. The highest BCUT2D eigenvalue weighted by Crippen LogP contribution is 2.43. The molecule has 0 heterocycles. The third-order valence-electron chi connectivity index (χ3n) is 3.68. The highest BCUT2D eigenvalue weighted by molar-refractivity contribution is 6.31. The molecule has 2 heteroatoms. The number of benzene rings is 1. The van der Waals surface area contributed by atoms with Crippen molar-refractivity contribution in [3.8, 4) is 0 Å². The van der Waals surface area contributed by atoms with Gasteiger partial charge in [0.2, 0.25) is 0 Å². The van der Waals surface area contributed by atoms with E-state index < -0.39 is 5.60 Å². The Labute approximate surface area is 96.1 Å². The first-order valence-corrected chi connectivity index (χ1v) is 5.91. The summed E-state index contributed by atoms with van der Waals surface area (Å²) in [4.78, 5) is 0. The van der Waals surface area contributed by atoms with Crippen molar-refractivity contribution in [3.05, 3.63) is 34.3 Å². The maximum absolute atomic E-state index is 10.6. The minimum absolute atomic E-state index is 0.330. The van der Waals surface area contributed by atoms with E-state index in [2.05, 4.69) is 6.92 Å². The average molecular weight is 225 g/mol. The molecule has 1 aromatic rings. The number of halogens is 1. The van der Waals surface area contributed by atoms with Gasteiger partial charge in [-0.05, 0) is 49.3 Å². The lowest BCUT2D eigenvalue weighted by molar-refractivity contribution is 0.00449. The van der Waals surface area contributed by atoms with Crippen molar-refractivity contribution in [2.75, 3.05) is 0 Å². The second-order valence-electron chi connectivity index (χ2n) is 4.68. The Balaban J connectivity index is 2.40. The van der Waals surface area contributed by atoms with Crippen LogP contribution >= 0.6 is 11.6 Å². The minimum Gasteiger partial charge on any atom is -0.385 e. The van der Waals surface area contributed by atoms with Crippen molar-refractivity contribution < 1.29 is 5.11 Å². The maximum Gasteiger partial charge on any atom is 0.0922 e. The summed E-state index contributed by atoms with van der Waals surface area (Å²) in [5.41, 5.74) is 1.38. The summed E-state index contributed by atoms with van der Waals surface area (Å²) in [5, 5.41) is 11.3. The first-order valence-electron chi connectivity index (χ1n) is 5.53. The average Bonchev–Trinajstić information content (AvgIpc) is 2.53. The summed E-state index contributed by atoms with van der Waals surface area (Å²) in [7, 11) is 0. The fourth-order valence-corrected chi connectivity index (χ4v) is 2.63. The number of hydrogen-bond acceptors (Lipinski definition) is 1. The standard InChI is InChI=1S/C13H17ClO/c1-9-5-6-11(8-12(9)14)13(15)7-3-4-10(13)2/h5-6,8,10,15H,3-4,7H2,1-2H3. The van der Waals surface area contributed by atoms with Gasteiger partial charge < -0.3 is 5.11 Å². The molecule has 1 N–H and O–H groups in total. The van der Waals surface area contributed by atoms with E-state index in [0.29, 0.717) is 5.92 Å². The second kappa shape index (κ2) is 3.80. The van der Waals surface area contributed by atoms with E-state index in [4.69, 9.17) is 11.6 Å². The van der Waals surface area contributed by atoms with Gasteiger partial charge in [0.1, 0.15) is 0 Å². The Bertz CT molecular complexity index is 375. The van der Waals surface area contributed by atoms with Crippen molar-refractivity contribution in [2.24, 2.45) is 5.92 Å². The Morgan fingerprint density at radius 1 is 1.47 bits per heavy atom.